The second-order valence-electron chi connectivity index (χ2n) is 6.84. The minimum Gasteiger partial charge on any atom is -0.410 e. The van der Waals surface area contributed by atoms with Gasteiger partial charge in [-0.1, -0.05) is 43.2 Å². The van der Waals surface area contributed by atoms with Crippen molar-refractivity contribution >= 4 is 8.32 Å². The first-order valence-corrected chi connectivity index (χ1v) is 10.6. The number of aliphatic hydroxyl groups is 1. The third-order valence-electron chi connectivity index (χ3n) is 4.74. The standard InChI is InChI=1S/C16H24O2Si/c1-19(2)12-16(17)11-7-6-10-14(16)15(18-19)13-8-4-3-5-9-13/h3-5,8-9,14-15,17H,6-7,10-12H2,1-2H3/t14-,15+,16-/m1/s1. The molecule has 104 valence electrons. The minimum absolute atomic E-state index is 0.0990. The van der Waals surface area contributed by atoms with Crippen LogP contribution in [0.2, 0.25) is 19.1 Å². The van der Waals surface area contributed by atoms with E-state index < -0.39 is 13.9 Å². The minimum atomic E-state index is -1.77. The van der Waals surface area contributed by atoms with Gasteiger partial charge in [-0.05, 0) is 37.5 Å². The first-order valence-electron chi connectivity index (χ1n) is 7.45. The predicted molar refractivity (Wildman–Crippen MR) is 79.5 cm³/mol. The lowest BCUT2D eigenvalue weighted by Gasteiger charge is -2.52. The molecular formula is C16H24O2Si. The predicted octanol–water partition coefficient (Wildman–Crippen LogP) is 3.88. The van der Waals surface area contributed by atoms with Gasteiger partial charge in [0.1, 0.15) is 0 Å². The van der Waals surface area contributed by atoms with Crippen LogP contribution in [0.3, 0.4) is 0 Å². The van der Waals surface area contributed by atoms with E-state index in [-0.39, 0.29) is 12.0 Å². The van der Waals surface area contributed by atoms with E-state index >= 15 is 0 Å². The van der Waals surface area contributed by atoms with Crippen LogP contribution < -0.4 is 0 Å². The van der Waals surface area contributed by atoms with Gasteiger partial charge in [0.25, 0.3) is 0 Å². The number of rotatable bonds is 1. The van der Waals surface area contributed by atoms with Crippen LogP contribution in [0.4, 0.5) is 0 Å². The summed E-state index contributed by atoms with van der Waals surface area (Å²) in [6, 6.07) is 11.4. The lowest BCUT2D eigenvalue weighted by atomic mass is 9.72. The molecule has 2 fully saturated rings. The summed E-state index contributed by atoms with van der Waals surface area (Å²) in [7, 11) is -1.77. The van der Waals surface area contributed by atoms with E-state index in [9.17, 15) is 5.11 Å². The molecule has 1 aromatic rings. The summed E-state index contributed by atoms with van der Waals surface area (Å²) in [6.45, 7) is 4.48. The Bertz CT molecular complexity index is 445. The molecular weight excluding hydrogens is 252 g/mol. The molecule has 1 saturated heterocycles. The van der Waals surface area contributed by atoms with Gasteiger partial charge in [0.15, 0.2) is 8.32 Å². The molecule has 1 aliphatic carbocycles. The van der Waals surface area contributed by atoms with Crippen molar-refractivity contribution in [2.45, 2.75) is 56.5 Å². The Hall–Kier alpha value is -0.643. The molecule has 1 aromatic carbocycles. The fraction of sp³-hybridized carbons (Fsp3) is 0.625. The largest absolute Gasteiger partial charge is 0.410 e. The number of hydrogen-bond donors (Lipinski definition) is 1. The van der Waals surface area contributed by atoms with Crippen molar-refractivity contribution in [1.82, 2.24) is 0 Å². The van der Waals surface area contributed by atoms with Crippen LogP contribution in [0.25, 0.3) is 0 Å². The average Bonchev–Trinajstić information content (AvgIpc) is 2.36. The highest BCUT2D eigenvalue weighted by Crippen LogP contribution is 2.51. The van der Waals surface area contributed by atoms with Gasteiger partial charge in [-0.25, -0.2) is 0 Å². The summed E-state index contributed by atoms with van der Waals surface area (Å²) in [5, 5.41) is 11.1. The second-order valence-corrected chi connectivity index (χ2v) is 11.0. The summed E-state index contributed by atoms with van der Waals surface area (Å²) in [4.78, 5) is 0. The van der Waals surface area contributed by atoms with E-state index in [1.807, 2.05) is 6.07 Å². The van der Waals surface area contributed by atoms with Crippen LogP contribution in [0, 0.1) is 5.92 Å². The van der Waals surface area contributed by atoms with Crippen LogP contribution in [-0.4, -0.2) is 19.0 Å². The maximum atomic E-state index is 11.1. The molecule has 2 nitrogen and oxygen atoms in total. The molecule has 0 unspecified atom stereocenters. The van der Waals surface area contributed by atoms with Gasteiger partial charge in [-0.15, -0.1) is 0 Å². The Kier molecular flexibility index (Phi) is 3.32. The molecule has 3 rings (SSSR count). The fourth-order valence-electron chi connectivity index (χ4n) is 4.05. The van der Waals surface area contributed by atoms with Gasteiger partial charge in [0, 0.05) is 5.92 Å². The molecule has 3 atom stereocenters. The summed E-state index contributed by atoms with van der Waals surface area (Å²) in [5.41, 5.74) is 0.764. The molecule has 0 radical (unpaired) electrons. The van der Waals surface area contributed by atoms with Crippen LogP contribution >= 0.6 is 0 Å². The molecule has 19 heavy (non-hydrogen) atoms. The maximum Gasteiger partial charge on any atom is 0.190 e. The van der Waals surface area contributed by atoms with Crippen LogP contribution in [0.15, 0.2) is 30.3 Å². The second kappa shape index (κ2) is 4.72. The first-order chi connectivity index (χ1) is 9.00. The lowest BCUT2D eigenvalue weighted by molar-refractivity contribution is -0.103. The summed E-state index contributed by atoms with van der Waals surface area (Å²) in [6.07, 6.45) is 4.55. The summed E-state index contributed by atoms with van der Waals surface area (Å²) in [5.74, 6) is 0.282. The zero-order valence-electron chi connectivity index (χ0n) is 11.9. The zero-order chi connectivity index (χ0) is 13.5. The highest BCUT2D eigenvalue weighted by molar-refractivity contribution is 6.71. The molecule has 0 spiro atoms. The van der Waals surface area contributed by atoms with Crippen molar-refractivity contribution in [1.29, 1.82) is 0 Å². The van der Waals surface area contributed by atoms with Crippen molar-refractivity contribution in [3.05, 3.63) is 35.9 Å². The third-order valence-corrected chi connectivity index (χ3v) is 7.09. The van der Waals surface area contributed by atoms with E-state index in [1.54, 1.807) is 0 Å². The Morgan fingerprint density at radius 2 is 1.95 bits per heavy atom. The van der Waals surface area contributed by atoms with Crippen LogP contribution in [0.5, 0.6) is 0 Å². The first kappa shape index (κ1) is 13.3. The number of hydrogen-bond acceptors (Lipinski definition) is 2. The van der Waals surface area contributed by atoms with Crippen molar-refractivity contribution in [3.8, 4) is 0 Å². The van der Waals surface area contributed by atoms with Crippen molar-refractivity contribution in [2.75, 3.05) is 0 Å². The molecule has 1 aliphatic heterocycles. The molecule has 1 heterocycles. The van der Waals surface area contributed by atoms with Gasteiger partial charge in [-0.2, -0.15) is 0 Å². The quantitative estimate of drug-likeness (QED) is 0.789. The lowest BCUT2D eigenvalue weighted by Crippen LogP contribution is -2.56. The van der Waals surface area contributed by atoms with Crippen LogP contribution in [-0.2, 0) is 4.43 Å². The highest BCUT2D eigenvalue weighted by Gasteiger charge is 2.53. The van der Waals surface area contributed by atoms with E-state index in [0.29, 0.717) is 0 Å². The Morgan fingerprint density at radius 3 is 2.68 bits per heavy atom. The Labute approximate surface area is 116 Å². The maximum absolute atomic E-state index is 11.1. The van der Waals surface area contributed by atoms with E-state index in [2.05, 4.69) is 37.4 Å². The molecule has 0 bridgehead atoms. The smallest absolute Gasteiger partial charge is 0.190 e. The normalized spacial score (nSPS) is 37.6. The van der Waals surface area contributed by atoms with Crippen LogP contribution in [0.1, 0.15) is 37.4 Å². The molecule has 0 amide bonds. The highest BCUT2D eigenvalue weighted by atomic mass is 28.4. The van der Waals surface area contributed by atoms with Gasteiger partial charge in [0.05, 0.1) is 11.7 Å². The van der Waals surface area contributed by atoms with Crippen molar-refractivity contribution in [2.24, 2.45) is 5.92 Å². The molecule has 1 N–H and O–H groups in total. The van der Waals surface area contributed by atoms with Gasteiger partial charge in [-0.3, -0.25) is 0 Å². The zero-order valence-corrected chi connectivity index (χ0v) is 12.9. The van der Waals surface area contributed by atoms with Gasteiger partial charge >= 0.3 is 0 Å². The summed E-state index contributed by atoms with van der Waals surface area (Å²) >= 11 is 0. The Morgan fingerprint density at radius 1 is 1.21 bits per heavy atom. The molecule has 2 aliphatic rings. The van der Waals surface area contributed by atoms with E-state index in [0.717, 1.165) is 18.9 Å². The van der Waals surface area contributed by atoms with Crippen molar-refractivity contribution in [3.63, 3.8) is 0 Å². The number of fused-ring (bicyclic) bond motifs is 1. The molecule has 3 heteroatoms. The van der Waals surface area contributed by atoms with Gasteiger partial charge < -0.3 is 9.53 Å². The van der Waals surface area contributed by atoms with Gasteiger partial charge in [0.2, 0.25) is 0 Å². The Balaban J connectivity index is 1.97. The number of benzene rings is 1. The molecule has 1 saturated carbocycles. The third kappa shape index (κ3) is 2.51. The van der Waals surface area contributed by atoms with E-state index in [1.165, 1.54) is 18.4 Å². The fourth-order valence-corrected chi connectivity index (χ4v) is 7.03. The topological polar surface area (TPSA) is 29.5 Å². The summed E-state index contributed by atoms with van der Waals surface area (Å²) < 4.78 is 6.47. The molecule has 0 aromatic heterocycles. The van der Waals surface area contributed by atoms with Crippen molar-refractivity contribution < 1.29 is 9.53 Å². The average molecular weight is 276 g/mol. The van der Waals surface area contributed by atoms with E-state index in [4.69, 9.17) is 4.43 Å². The monoisotopic (exact) mass is 276 g/mol. The SMILES string of the molecule is C[Si]1(C)C[C@]2(O)CCCC[C@@H]2[C@H](c2ccccc2)O1.